The predicted octanol–water partition coefficient (Wildman–Crippen LogP) is 4.54. The maximum atomic E-state index is 2.36. The second kappa shape index (κ2) is 5.53. The molecule has 1 heteroatoms. The summed E-state index contributed by atoms with van der Waals surface area (Å²) in [7, 11) is 0. The average molecular weight is 225 g/mol. The van der Waals surface area contributed by atoms with Crippen molar-refractivity contribution in [1.82, 2.24) is 0 Å². The Morgan fingerprint density at radius 3 is 2.00 bits per heavy atom. The van der Waals surface area contributed by atoms with Crippen LogP contribution in [0.15, 0.2) is 54.6 Å². The molecule has 1 nitrogen and oxygen atoms in total. The standard InChI is InChI=1S/C16H19N/c1-3-13-17(15-7-5-4-6-8-15)16-11-9-14(2)10-12-16/h4-12H,3,13H2,1-2H3. The molecule has 17 heavy (non-hydrogen) atoms. The first-order chi connectivity index (χ1) is 8.31. The molecule has 0 aliphatic rings. The average Bonchev–Trinajstić information content (AvgIpc) is 2.38. The molecular weight excluding hydrogens is 206 g/mol. The number of rotatable bonds is 4. The molecule has 0 aliphatic carbocycles. The summed E-state index contributed by atoms with van der Waals surface area (Å²) in [6, 6.07) is 19.3. The van der Waals surface area contributed by atoms with E-state index >= 15 is 0 Å². The molecular formula is C16H19N. The van der Waals surface area contributed by atoms with Gasteiger partial charge in [0.1, 0.15) is 0 Å². The molecule has 0 saturated heterocycles. The van der Waals surface area contributed by atoms with Gasteiger partial charge >= 0.3 is 0 Å². The Hall–Kier alpha value is -1.76. The minimum atomic E-state index is 1.05. The van der Waals surface area contributed by atoms with Gasteiger partial charge < -0.3 is 4.90 Å². The van der Waals surface area contributed by atoms with Crippen LogP contribution in [0.1, 0.15) is 18.9 Å². The molecule has 0 amide bonds. The van der Waals surface area contributed by atoms with Gasteiger partial charge in [0.15, 0.2) is 0 Å². The first-order valence-corrected chi connectivity index (χ1v) is 6.20. The van der Waals surface area contributed by atoms with Crippen molar-refractivity contribution >= 4 is 11.4 Å². The first kappa shape index (κ1) is 11.7. The number of hydrogen-bond donors (Lipinski definition) is 0. The summed E-state index contributed by atoms with van der Waals surface area (Å²) < 4.78 is 0. The van der Waals surface area contributed by atoms with Crippen molar-refractivity contribution < 1.29 is 0 Å². The van der Waals surface area contributed by atoms with E-state index in [0.29, 0.717) is 0 Å². The van der Waals surface area contributed by atoms with E-state index in [1.165, 1.54) is 16.9 Å². The molecule has 0 saturated carbocycles. The van der Waals surface area contributed by atoms with Crippen LogP contribution in [0.25, 0.3) is 0 Å². The number of anilines is 2. The maximum Gasteiger partial charge on any atom is 0.0410 e. The summed E-state index contributed by atoms with van der Waals surface area (Å²) in [5.41, 5.74) is 3.83. The van der Waals surface area contributed by atoms with E-state index < -0.39 is 0 Å². The molecule has 0 spiro atoms. The van der Waals surface area contributed by atoms with Crippen molar-refractivity contribution in [2.24, 2.45) is 0 Å². The molecule has 88 valence electrons. The largest absolute Gasteiger partial charge is 0.342 e. The molecule has 0 atom stereocenters. The zero-order valence-corrected chi connectivity index (χ0v) is 10.6. The highest BCUT2D eigenvalue weighted by atomic mass is 15.1. The molecule has 2 aromatic carbocycles. The van der Waals surface area contributed by atoms with Crippen LogP contribution in [0.3, 0.4) is 0 Å². The first-order valence-electron chi connectivity index (χ1n) is 6.20. The fourth-order valence-corrected chi connectivity index (χ4v) is 1.96. The third kappa shape index (κ3) is 2.88. The van der Waals surface area contributed by atoms with Crippen LogP contribution >= 0.6 is 0 Å². The lowest BCUT2D eigenvalue weighted by Gasteiger charge is -2.24. The summed E-state index contributed by atoms with van der Waals surface area (Å²) >= 11 is 0. The molecule has 2 rings (SSSR count). The number of nitrogens with zero attached hydrogens (tertiary/aromatic N) is 1. The van der Waals surface area contributed by atoms with Gasteiger partial charge in [0.2, 0.25) is 0 Å². The van der Waals surface area contributed by atoms with Crippen molar-refractivity contribution in [3.8, 4) is 0 Å². The van der Waals surface area contributed by atoms with Crippen molar-refractivity contribution in [1.29, 1.82) is 0 Å². The van der Waals surface area contributed by atoms with E-state index in [4.69, 9.17) is 0 Å². The number of para-hydroxylation sites is 1. The quantitative estimate of drug-likeness (QED) is 0.738. The fourth-order valence-electron chi connectivity index (χ4n) is 1.96. The Bertz CT molecular complexity index is 445. The number of aryl methyl sites for hydroxylation is 1. The van der Waals surface area contributed by atoms with E-state index in [-0.39, 0.29) is 0 Å². The van der Waals surface area contributed by atoms with Gasteiger partial charge in [0.05, 0.1) is 0 Å². The molecule has 0 N–H and O–H groups in total. The Balaban J connectivity index is 2.32. The van der Waals surface area contributed by atoms with Gasteiger partial charge in [0, 0.05) is 17.9 Å². The molecule has 0 heterocycles. The van der Waals surface area contributed by atoms with Crippen LogP contribution in [0.5, 0.6) is 0 Å². The van der Waals surface area contributed by atoms with Crippen molar-refractivity contribution in [3.05, 3.63) is 60.2 Å². The third-order valence-electron chi connectivity index (χ3n) is 2.86. The summed E-state index contributed by atoms with van der Waals surface area (Å²) in [4.78, 5) is 2.36. The predicted molar refractivity (Wildman–Crippen MR) is 74.9 cm³/mol. The molecule has 2 aromatic rings. The Kier molecular flexibility index (Phi) is 3.81. The van der Waals surface area contributed by atoms with Gasteiger partial charge in [-0.2, -0.15) is 0 Å². The molecule has 0 unspecified atom stereocenters. The van der Waals surface area contributed by atoms with Crippen molar-refractivity contribution in [3.63, 3.8) is 0 Å². The minimum Gasteiger partial charge on any atom is -0.342 e. The van der Waals surface area contributed by atoms with Gasteiger partial charge in [-0.15, -0.1) is 0 Å². The zero-order valence-electron chi connectivity index (χ0n) is 10.6. The highest BCUT2D eigenvalue weighted by Gasteiger charge is 2.06. The summed E-state index contributed by atoms with van der Waals surface area (Å²) in [5, 5.41) is 0. The SMILES string of the molecule is CCCN(c1ccccc1)c1ccc(C)cc1. The van der Waals surface area contributed by atoms with Gasteiger partial charge in [-0.05, 0) is 37.6 Å². The molecule has 0 radical (unpaired) electrons. The van der Waals surface area contributed by atoms with E-state index in [9.17, 15) is 0 Å². The van der Waals surface area contributed by atoms with Gasteiger partial charge in [0.25, 0.3) is 0 Å². The second-order valence-corrected chi connectivity index (χ2v) is 4.32. The van der Waals surface area contributed by atoms with Crippen LogP contribution < -0.4 is 4.90 Å². The van der Waals surface area contributed by atoms with Crippen molar-refractivity contribution in [2.75, 3.05) is 11.4 Å². The van der Waals surface area contributed by atoms with E-state index in [2.05, 4.69) is 73.3 Å². The van der Waals surface area contributed by atoms with Gasteiger partial charge in [-0.25, -0.2) is 0 Å². The fraction of sp³-hybridized carbons (Fsp3) is 0.250. The van der Waals surface area contributed by atoms with Gasteiger partial charge in [-0.1, -0.05) is 42.8 Å². The highest BCUT2D eigenvalue weighted by molar-refractivity contribution is 5.63. The summed E-state index contributed by atoms with van der Waals surface area (Å²) in [6.07, 6.45) is 1.14. The van der Waals surface area contributed by atoms with Crippen LogP contribution in [0, 0.1) is 6.92 Å². The monoisotopic (exact) mass is 225 g/mol. The van der Waals surface area contributed by atoms with Crippen molar-refractivity contribution in [2.45, 2.75) is 20.3 Å². The Labute approximate surface area is 104 Å². The van der Waals surface area contributed by atoms with Crippen LogP contribution in [-0.4, -0.2) is 6.54 Å². The van der Waals surface area contributed by atoms with Gasteiger partial charge in [-0.3, -0.25) is 0 Å². The second-order valence-electron chi connectivity index (χ2n) is 4.32. The lowest BCUT2D eigenvalue weighted by Crippen LogP contribution is -2.17. The van der Waals surface area contributed by atoms with E-state index in [1.54, 1.807) is 0 Å². The molecule has 0 fully saturated rings. The summed E-state index contributed by atoms with van der Waals surface area (Å²) in [5.74, 6) is 0. The van der Waals surface area contributed by atoms with Crippen LogP contribution in [-0.2, 0) is 0 Å². The topological polar surface area (TPSA) is 3.24 Å². The Morgan fingerprint density at radius 2 is 1.41 bits per heavy atom. The third-order valence-corrected chi connectivity index (χ3v) is 2.86. The van der Waals surface area contributed by atoms with Crippen LogP contribution in [0.2, 0.25) is 0 Å². The lowest BCUT2D eigenvalue weighted by atomic mass is 10.2. The minimum absolute atomic E-state index is 1.05. The molecule has 0 aromatic heterocycles. The summed E-state index contributed by atoms with van der Waals surface area (Å²) in [6.45, 7) is 5.38. The highest BCUT2D eigenvalue weighted by Crippen LogP contribution is 2.25. The molecule has 0 aliphatic heterocycles. The number of benzene rings is 2. The van der Waals surface area contributed by atoms with E-state index in [1.807, 2.05) is 0 Å². The Morgan fingerprint density at radius 1 is 0.824 bits per heavy atom. The van der Waals surface area contributed by atoms with E-state index in [0.717, 1.165) is 13.0 Å². The maximum absolute atomic E-state index is 2.36. The smallest absolute Gasteiger partial charge is 0.0410 e. The zero-order chi connectivity index (χ0) is 12.1. The normalized spacial score (nSPS) is 10.2. The molecule has 0 bridgehead atoms. The number of hydrogen-bond acceptors (Lipinski definition) is 1. The van der Waals surface area contributed by atoms with Crippen LogP contribution in [0.4, 0.5) is 11.4 Å². The lowest BCUT2D eigenvalue weighted by molar-refractivity contribution is 0.885.